The van der Waals surface area contributed by atoms with Crippen molar-refractivity contribution < 1.29 is 4.79 Å². The minimum Gasteiger partial charge on any atom is -0.300 e. The molecule has 2 bridgehead atoms. The van der Waals surface area contributed by atoms with Crippen LogP contribution in [-0.2, 0) is 4.79 Å². The minimum absolute atomic E-state index is 0.520. The molecule has 3 aliphatic rings. The number of Topliss-reactive ketones (excluding diaryl/α,β-unsaturated/α-hetero) is 1. The highest BCUT2D eigenvalue weighted by Gasteiger charge is 2.39. The summed E-state index contributed by atoms with van der Waals surface area (Å²) in [4.78, 5) is 14.2. The molecule has 2 heterocycles. The molecule has 2 heteroatoms. The van der Waals surface area contributed by atoms with Gasteiger partial charge in [-0.2, -0.15) is 0 Å². The van der Waals surface area contributed by atoms with Gasteiger partial charge in [-0.05, 0) is 31.6 Å². The number of carbonyl (C=O) groups excluding carboxylic acids is 1. The first-order valence-electron chi connectivity index (χ1n) is 6.10. The molecule has 2 aliphatic heterocycles. The number of fused-ring (bicyclic) bond motifs is 2. The number of nitrogens with zero attached hydrogens (tertiary/aromatic N) is 1. The first-order valence-corrected chi connectivity index (χ1v) is 6.10. The molecule has 2 atom stereocenters. The molecule has 78 valence electrons. The zero-order valence-corrected chi connectivity index (χ0v) is 8.74. The molecular formula is C12H19NO. The average Bonchev–Trinajstić information content (AvgIpc) is 2.90. The Labute approximate surface area is 85.7 Å². The van der Waals surface area contributed by atoms with Gasteiger partial charge in [0.15, 0.2) is 0 Å². The van der Waals surface area contributed by atoms with Crippen molar-refractivity contribution in [2.24, 2.45) is 5.92 Å². The second kappa shape index (κ2) is 3.34. The van der Waals surface area contributed by atoms with E-state index in [1.807, 2.05) is 0 Å². The Hall–Kier alpha value is -0.370. The van der Waals surface area contributed by atoms with Crippen molar-refractivity contribution >= 4 is 5.78 Å². The molecule has 3 fully saturated rings. The summed E-state index contributed by atoms with van der Waals surface area (Å²) in [5, 5.41) is 0. The fourth-order valence-electron chi connectivity index (χ4n) is 3.16. The van der Waals surface area contributed by atoms with E-state index in [-0.39, 0.29) is 0 Å². The maximum Gasteiger partial charge on any atom is 0.136 e. The SMILES string of the molecule is O=C1C[C@@H]2CCC[C@@H](C1)N2CC1CC1. The topological polar surface area (TPSA) is 20.3 Å². The predicted molar refractivity (Wildman–Crippen MR) is 55.1 cm³/mol. The van der Waals surface area contributed by atoms with Crippen LogP contribution in [0.5, 0.6) is 0 Å². The molecule has 0 aromatic heterocycles. The second-order valence-corrected chi connectivity index (χ2v) is 5.33. The van der Waals surface area contributed by atoms with E-state index in [9.17, 15) is 4.79 Å². The molecule has 0 N–H and O–H groups in total. The molecule has 1 aliphatic carbocycles. The zero-order valence-electron chi connectivity index (χ0n) is 8.74. The molecule has 0 aromatic carbocycles. The molecule has 3 rings (SSSR count). The van der Waals surface area contributed by atoms with E-state index in [1.165, 1.54) is 38.6 Å². The summed E-state index contributed by atoms with van der Waals surface area (Å²) in [7, 11) is 0. The predicted octanol–water partition coefficient (Wildman–Crippen LogP) is 1.98. The van der Waals surface area contributed by atoms with Gasteiger partial charge in [0.05, 0.1) is 0 Å². The van der Waals surface area contributed by atoms with Gasteiger partial charge < -0.3 is 0 Å². The number of hydrogen-bond acceptors (Lipinski definition) is 2. The van der Waals surface area contributed by atoms with Crippen LogP contribution in [0.1, 0.15) is 44.9 Å². The number of rotatable bonds is 2. The molecule has 0 spiro atoms. The van der Waals surface area contributed by atoms with Gasteiger partial charge in [0.1, 0.15) is 5.78 Å². The molecule has 2 saturated heterocycles. The maximum absolute atomic E-state index is 11.5. The molecule has 14 heavy (non-hydrogen) atoms. The minimum atomic E-state index is 0.520. The molecule has 0 radical (unpaired) electrons. The van der Waals surface area contributed by atoms with Crippen molar-refractivity contribution in [1.82, 2.24) is 4.90 Å². The van der Waals surface area contributed by atoms with Crippen molar-refractivity contribution in [2.75, 3.05) is 6.54 Å². The summed E-state index contributed by atoms with van der Waals surface area (Å²) in [6, 6.07) is 1.24. The fourth-order valence-corrected chi connectivity index (χ4v) is 3.16. The number of carbonyl (C=O) groups is 1. The highest BCUT2D eigenvalue weighted by molar-refractivity contribution is 5.80. The Morgan fingerprint density at radius 2 is 1.71 bits per heavy atom. The van der Waals surface area contributed by atoms with Crippen LogP contribution in [0.4, 0.5) is 0 Å². The Kier molecular flexibility index (Phi) is 2.12. The van der Waals surface area contributed by atoms with E-state index >= 15 is 0 Å². The average molecular weight is 193 g/mol. The molecule has 2 nitrogen and oxygen atoms in total. The number of hydrogen-bond donors (Lipinski definition) is 0. The lowest BCUT2D eigenvalue weighted by Gasteiger charge is -2.45. The Bertz CT molecular complexity index is 231. The molecule has 0 unspecified atom stereocenters. The standard InChI is InChI=1S/C12H19NO/c14-12-6-10-2-1-3-11(7-12)13(10)8-9-4-5-9/h9-11H,1-8H2/t10-,11-/m0/s1. The van der Waals surface area contributed by atoms with Gasteiger partial charge in [0.2, 0.25) is 0 Å². The molecule has 0 aromatic rings. The number of piperidine rings is 2. The number of ketones is 1. The van der Waals surface area contributed by atoms with Crippen molar-refractivity contribution in [1.29, 1.82) is 0 Å². The van der Waals surface area contributed by atoms with Gasteiger partial charge in [-0.3, -0.25) is 9.69 Å². The third-order valence-corrected chi connectivity index (χ3v) is 4.11. The Morgan fingerprint density at radius 3 is 2.29 bits per heavy atom. The smallest absolute Gasteiger partial charge is 0.136 e. The normalized spacial score (nSPS) is 38.7. The monoisotopic (exact) mass is 193 g/mol. The van der Waals surface area contributed by atoms with Gasteiger partial charge in [-0.25, -0.2) is 0 Å². The molecular weight excluding hydrogens is 174 g/mol. The summed E-state index contributed by atoms with van der Waals surface area (Å²) < 4.78 is 0. The lowest BCUT2D eigenvalue weighted by molar-refractivity contribution is -0.127. The Morgan fingerprint density at radius 1 is 1.07 bits per heavy atom. The van der Waals surface area contributed by atoms with Gasteiger partial charge in [0.25, 0.3) is 0 Å². The van der Waals surface area contributed by atoms with Crippen molar-refractivity contribution in [3.8, 4) is 0 Å². The lowest BCUT2D eigenvalue weighted by Crippen LogP contribution is -2.52. The van der Waals surface area contributed by atoms with E-state index in [0.29, 0.717) is 17.9 Å². The van der Waals surface area contributed by atoms with E-state index in [4.69, 9.17) is 0 Å². The van der Waals surface area contributed by atoms with Crippen molar-refractivity contribution in [3.05, 3.63) is 0 Å². The van der Waals surface area contributed by atoms with Gasteiger partial charge in [0, 0.05) is 31.5 Å². The molecule has 1 saturated carbocycles. The van der Waals surface area contributed by atoms with Crippen LogP contribution in [-0.4, -0.2) is 29.3 Å². The first-order chi connectivity index (χ1) is 6.83. The quantitative estimate of drug-likeness (QED) is 0.668. The van der Waals surface area contributed by atoms with Crippen LogP contribution in [0, 0.1) is 5.92 Å². The van der Waals surface area contributed by atoms with E-state index < -0.39 is 0 Å². The summed E-state index contributed by atoms with van der Waals surface area (Å²) in [5.74, 6) is 1.50. The van der Waals surface area contributed by atoms with E-state index in [0.717, 1.165) is 18.8 Å². The van der Waals surface area contributed by atoms with Crippen LogP contribution < -0.4 is 0 Å². The first kappa shape index (κ1) is 8.90. The van der Waals surface area contributed by atoms with E-state index in [1.54, 1.807) is 0 Å². The van der Waals surface area contributed by atoms with Crippen LogP contribution in [0.2, 0.25) is 0 Å². The van der Waals surface area contributed by atoms with Crippen LogP contribution in [0.25, 0.3) is 0 Å². The van der Waals surface area contributed by atoms with Crippen LogP contribution >= 0.6 is 0 Å². The zero-order chi connectivity index (χ0) is 9.54. The van der Waals surface area contributed by atoms with E-state index in [2.05, 4.69) is 4.90 Å². The third kappa shape index (κ3) is 1.60. The summed E-state index contributed by atoms with van der Waals surface area (Å²) in [6.07, 6.45) is 8.47. The highest BCUT2D eigenvalue weighted by atomic mass is 16.1. The van der Waals surface area contributed by atoms with Crippen molar-refractivity contribution in [3.63, 3.8) is 0 Å². The second-order valence-electron chi connectivity index (χ2n) is 5.33. The highest BCUT2D eigenvalue weighted by Crippen LogP contribution is 2.37. The lowest BCUT2D eigenvalue weighted by atomic mass is 9.83. The summed E-state index contributed by atoms with van der Waals surface area (Å²) in [5.41, 5.74) is 0. The molecule has 0 amide bonds. The van der Waals surface area contributed by atoms with Crippen LogP contribution in [0.3, 0.4) is 0 Å². The van der Waals surface area contributed by atoms with Crippen molar-refractivity contribution in [2.45, 2.75) is 57.0 Å². The largest absolute Gasteiger partial charge is 0.300 e. The van der Waals surface area contributed by atoms with Crippen LogP contribution in [0.15, 0.2) is 0 Å². The summed E-state index contributed by atoms with van der Waals surface area (Å²) >= 11 is 0. The maximum atomic E-state index is 11.5. The van der Waals surface area contributed by atoms with Gasteiger partial charge in [-0.1, -0.05) is 6.42 Å². The Balaban J connectivity index is 1.71. The summed E-state index contributed by atoms with van der Waals surface area (Å²) in [6.45, 7) is 1.29. The van der Waals surface area contributed by atoms with Gasteiger partial charge in [-0.15, -0.1) is 0 Å². The van der Waals surface area contributed by atoms with Gasteiger partial charge >= 0.3 is 0 Å². The fraction of sp³-hybridized carbons (Fsp3) is 0.917. The third-order valence-electron chi connectivity index (χ3n) is 4.11.